The zero-order valence-corrected chi connectivity index (χ0v) is 13.0. The number of aryl methyl sites for hydroxylation is 1. The Morgan fingerprint density at radius 2 is 1.36 bits per heavy atom. The summed E-state index contributed by atoms with van der Waals surface area (Å²) in [5, 5.41) is 0. The van der Waals surface area contributed by atoms with Gasteiger partial charge in [0.25, 0.3) is 0 Å². The molecule has 114 valence electrons. The molecule has 0 aromatic heterocycles. The van der Waals surface area contributed by atoms with Crippen LogP contribution in [0.3, 0.4) is 0 Å². The number of ether oxygens (including phenoxy) is 1. The summed E-state index contributed by atoms with van der Waals surface area (Å²) in [5.74, 6) is -0.173. The van der Waals surface area contributed by atoms with E-state index in [2.05, 4.69) is 0 Å². The highest BCUT2D eigenvalue weighted by Crippen LogP contribution is 2.10. The van der Waals surface area contributed by atoms with Gasteiger partial charge >= 0.3 is 5.97 Å². The zero-order valence-electron chi connectivity index (χ0n) is 13.0. The fourth-order valence-electron chi connectivity index (χ4n) is 2.20. The van der Waals surface area contributed by atoms with Gasteiger partial charge < -0.3 is 4.74 Å². The third-order valence-electron chi connectivity index (χ3n) is 3.39. The van der Waals surface area contributed by atoms with E-state index in [1.807, 2.05) is 31.2 Å². The van der Waals surface area contributed by atoms with E-state index in [1.54, 1.807) is 31.2 Å². The predicted octanol–water partition coefficient (Wildman–Crippen LogP) is 3.53. The molecule has 0 unspecified atom stereocenters. The van der Waals surface area contributed by atoms with Crippen molar-refractivity contribution in [2.24, 2.45) is 0 Å². The van der Waals surface area contributed by atoms with E-state index in [0.29, 0.717) is 25.0 Å². The summed E-state index contributed by atoms with van der Waals surface area (Å²) < 4.78 is 4.93. The lowest BCUT2D eigenvalue weighted by atomic mass is 10.0. The molecule has 0 heterocycles. The summed E-state index contributed by atoms with van der Waals surface area (Å²) in [5.41, 5.74) is 3.63. The molecular weight excluding hydrogens is 276 g/mol. The monoisotopic (exact) mass is 296 g/mol. The molecule has 0 radical (unpaired) electrons. The van der Waals surface area contributed by atoms with E-state index in [9.17, 15) is 9.59 Å². The Morgan fingerprint density at radius 1 is 0.864 bits per heavy atom. The molecule has 0 saturated heterocycles. The first-order chi connectivity index (χ1) is 10.6. The van der Waals surface area contributed by atoms with Crippen molar-refractivity contribution in [2.45, 2.75) is 26.7 Å². The van der Waals surface area contributed by atoms with Crippen LogP contribution >= 0.6 is 0 Å². The minimum atomic E-state index is -0.333. The fourth-order valence-corrected chi connectivity index (χ4v) is 2.20. The Hall–Kier alpha value is -2.42. The minimum Gasteiger partial charge on any atom is -0.462 e. The van der Waals surface area contributed by atoms with Crippen LogP contribution in [0.2, 0.25) is 0 Å². The summed E-state index contributed by atoms with van der Waals surface area (Å²) in [6.45, 7) is 4.16. The quantitative estimate of drug-likeness (QED) is 0.766. The topological polar surface area (TPSA) is 43.4 Å². The molecule has 22 heavy (non-hydrogen) atoms. The Kier molecular flexibility index (Phi) is 5.48. The largest absolute Gasteiger partial charge is 0.462 e. The number of carbonyl (C=O) groups is 2. The first-order valence-electron chi connectivity index (χ1n) is 7.42. The summed E-state index contributed by atoms with van der Waals surface area (Å²) in [6, 6.07) is 15.0. The van der Waals surface area contributed by atoms with Crippen molar-refractivity contribution in [2.75, 3.05) is 6.61 Å². The summed E-state index contributed by atoms with van der Waals surface area (Å²) in [6.07, 6.45) is 0.802. The van der Waals surface area contributed by atoms with Crippen molar-refractivity contribution in [3.8, 4) is 0 Å². The number of carbonyl (C=O) groups excluding carboxylic acids is 2. The molecule has 0 fully saturated rings. The fraction of sp³-hybridized carbons (Fsp3) is 0.263. The van der Waals surface area contributed by atoms with Crippen molar-refractivity contribution in [3.63, 3.8) is 0 Å². The van der Waals surface area contributed by atoms with Gasteiger partial charge in [0.1, 0.15) is 5.78 Å². The maximum Gasteiger partial charge on any atom is 0.338 e. The van der Waals surface area contributed by atoms with Crippen LogP contribution in [-0.2, 0) is 22.4 Å². The molecule has 0 aliphatic heterocycles. The van der Waals surface area contributed by atoms with Crippen molar-refractivity contribution < 1.29 is 14.3 Å². The second-order valence-corrected chi connectivity index (χ2v) is 5.30. The minimum absolute atomic E-state index is 0.160. The molecular formula is C19H20O3. The van der Waals surface area contributed by atoms with E-state index in [4.69, 9.17) is 4.74 Å². The van der Waals surface area contributed by atoms with Gasteiger partial charge in [0.15, 0.2) is 0 Å². The Bertz CT molecular complexity index is 639. The maximum absolute atomic E-state index is 12.1. The molecule has 0 bridgehead atoms. The molecule has 2 aromatic rings. The van der Waals surface area contributed by atoms with Crippen molar-refractivity contribution >= 4 is 11.8 Å². The smallest absolute Gasteiger partial charge is 0.338 e. The highest BCUT2D eigenvalue weighted by Gasteiger charge is 2.08. The van der Waals surface area contributed by atoms with Gasteiger partial charge in [-0.05, 0) is 37.1 Å². The lowest BCUT2D eigenvalue weighted by molar-refractivity contribution is -0.117. The molecule has 3 heteroatoms. The van der Waals surface area contributed by atoms with Gasteiger partial charge in [-0.2, -0.15) is 0 Å². The van der Waals surface area contributed by atoms with Crippen LogP contribution in [0.4, 0.5) is 0 Å². The first-order valence-corrected chi connectivity index (χ1v) is 7.42. The standard InChI is InChI=1S/C19H20O3/c1-3-22-19(21)17-10-8-16(9-11-17)13-18(20)12-15-6-4-14(2)5-7-15/h4-11H,3,12-13H2,1-2H3. The lowest BCUT2D eigenvalue weighted by Gasteiger charge is -2.05. The predicted molar refractivity (Wildman–Crippen MR) is 86.0 cm³/mol. The number of Topliss-reactive ketones (excluding diaryl/α,β-unsaturated/α-hetero) is 1. The molecule has 0 saturated carbocycles. The van der Waals surface area contributed by atoms with Gasteiger partial charge in [0.05, 0.1) is 12.2 Å². The van der Waals surface area contributed by atoms with Crippen LogP contribution in [-0.4, -0.2) is 18.4 Å². The summed E-state index contributed by atoms with van der Waals surface area (Å²) in [4.78, 5) is 23.7. The van der Waals surface area contributed by atoms with Crippen molar-refractivity contribution in [1.29, 1.82) is 0 Å². The molecule has 3 nitrogen and oxygen atoms in total. The van der Waals surface area contributed by atoms with Gasteiger partial charge in [-0.1, -0.05) is 42.0 Å². The van der Waals surface area contributed by atoms with E-state index in [0.717, 1.165) is 11.1 Å². The van der Waals surface area contributed by atoms with Crippen molar-refractivity contribution in [1.82, 2.24) is 0 Å². The number of rotatable bonds is 6. The Morgan fingerprint density at radius 3 is 1.86 bits per heavy atom. The SMILES string of the molecule is CCOC(=O)c1ccc(CC(=O)Cc2ccc(C)cc2)cc1. The van der Waals surface area contributed by atoms with E-state index < -0.39 is 0 Å². The normalized spacial score (nSPS) is 10.3. The van der Waals surface area contributed by atoms with Crippen LogP contribution in [0, 0.1) is 6.92 Å². The molecule has 2 rings (SSSR count). The highest BCUT2D eigenvalue weighted by atomic mass is 16.5. The molecule has 0 aliphatic carbocycles. The number of hydrogen-bond donors (Lipinski definition) is 0. The molecule has 0 amide bonds. The maximum atomic E-state index is 12.1. The third kappa shape index (κ3) is 4.55. The summed E-state index contributed by atoms with van der Waals surface area (Å²) >= 11 is 0. The van der Waals surface area contributed by atoms with E-state index in [1.165, 1.54) is 5.56 Å². The Balaban J connectivity index is 1.94. The Labute approximate surface area is 130 Å². The van der Waals surface area contributed by atoms with Crippen LogP contribution in [0.25, 0.3) is 0 Å². The molecule has 0 N–H and O–H groups in total. The molecule has 0 spiro atoms. The van der Waals surface area contributed by atoms with Gasteiger partial charge in [0, 0.05) is 12.8 Å². The number of hydrogen-bond acceptors (Lipinski definition) is 3. The number of esters is 1. The van der Waals surface area contributed by atoms with Crippen LogP contribution < -0.4 is 0 Å². The third-order valence-corrected chi connectivity index (χ3v) is 3.39. The van der Waals surface area contributed by atoms with Crippen molar-refractivity contribution in [3.05, 3.63) is 70.8 Å². The van der Waals surface area contributed by atoms with Crippen LogP contribution in [0.15, 0.2) is 48.5 Å². The van der Waals surface area contributed by atoms with Gasteiger partial charge in [0.2, 0.25) is 0 Å². The molecule has 0 atom stereocenters. The molecule has 0 aliphatic rings. The molecule has 2 aromatic carbocycles. The lowest BCUT2D eigenvalue weighted by Crippen LogP contribution is -2.08. The van der Waals surface area contributed by atoms with Gasteiger partial charge in [-0.3, -0.25) is 4.79 Å². The average molecular weight is 296 g/mol. The van der Waals surface area contributed by atoms with E-state index in [-0.39, 0.29) is 11.8 Å². The zero-order chi connectivity index (χ0) is 15.9. The van der Waals surface area contributed by atoms with Gasteiger partial charge in [-0.25, -0.2) is 4.79 Å². The highest BCUT2D eigenvalue weighted by molar-refractivity contribution is 5.89. The van der Waals surface area contributed by atoms with Crippen LogP contribution in [0.5, 0.6) is 0 Å². The average Bonchev–Trinajstić information content (AvgIpc) is 2.50. The van der Waals surface area contributed by atoms with E-state index >= 15 is 0 Å². The van der Waals surface area contributed by atoms with Gasteiger partial charge in [-0.15, -0.1) is 0 Å². The second kappa shape index (κ2) is 7.55. The number of benzene rings is 2. The summed E-state index contributed by atoms with van der Waals surface area (Å²) in [7, 11) is 0. The van der Waals surface area contributed by atoms with Crippen LogP contribution in [0.1, 0.15) is 34.0 Å². The number of ketones is 1. The second-order valence-electron chi connectivity index (χ2n) is 5.30. The first kappa shape index (κ1) is 16.0.